The van der Waals surface area contributed by atoms with Crippen LogP contribution in [0.2, 0.25) is 0 Å². The third-order valence-corrected chi connectivity index (χ3v) is 5.80. The Kier molecular flexibility index (Phi) is 6.59. The average molecular weight is 427 g/mol. The molecule has 166 valence electrons. The number of amides is 2. The van der Waals surface area contributed by atoms with Crippen molar-refractivity contribution in [1.29, 1.82) is 0 Å². The van der Waals surface area contributed by atoms with Gasteiger partial charge in [0.25, 0.3) is 0 Å². The Morgan fingerprint density at radius 1 is 0.935 bits per heavy atom. The number of carbonyl (C=O) groups is 1. The molecule has 9 heteroatoms. The molecule has 0 unspecified atom stereocenters. The molecule has 0 atom stereocenters. The minimum atomic E-state index is -0.150. The van der Waals surface area contributed by atoms with Gasteiger partial charge in [-0.3, -0.25) is 0 Å². The lowest BCUT2D eigenvalue weighted by atomic mass is 10.1. The maximum atomic E-state index is 12.8. The first-order chi connectivity index (χ1) is 15.2. The van der Waals surface area contributed by atoms with Gasteiger partial charge < -0.3 is 29.5 Å². The summed E-state index contributed by atoms with van der Waals surface area (Å²) >= 11 is 0. The van der Waals surface area contributed by atoms with Gasteiger partial charge in [0.15, 0.2) is 11.5 Å². The number of aromatic nitrogens is 2. The van der Waals surface area contributed by atoms with Crippen molar-refractivity contribution in [2.75, 3.05) is 68.6 Å². The fourth-order valence-corrected chi connectivity index (χ4v) is 4.08. The minimum absolute atomic E-state index is 0.150. The number of nitrogens with one attached hydrogen (secondary N) is 1. The zero-order chi connectivity index (χ0) is 21.6. The van der Waals surface area contributed by atoms with Crippen LogP contribution in [0.5, 0.6) is 11.5 Å². The van der Waals surface area contributed by atoms with Gasteiger partial charge in [-0.1, -0.05) is 6.07 Å². The van der Waals surface area contributed by atoms with E-state index in [9.17, 15) is 4.79 Å². The molecule has 2 aliphatic rings. The number of benzene rings is 1. The summed E-state index contributed by atoms with van der Waals surface area (Å²) in [6.07, 6.45) is 5.50. The number of piperidine rings is 1. The number of nitrogens with zero attached hydrogens (tertiary/aromatic N) is 5. The predicted octanol–water partition coefficient (Wildman–Crippen LogP) is 2.84. The molecule has 2 amide bonds. The monoisotopic (exact) mass is 426 g/mol. The molecular formula is C22H30N6O3. The third kappa shape index (κ3) is 4.76. The molecule has 1 N–H and O–H groups in total. The molecule has 1 aromatic carbocycles. The molecule has 3 heterocycles. The van der Waals surface area contributed by atoms with Gasteiger partial charge in [0, 0.05) is 45.5 Å². The quantitative estimate of drug-likeness (QED) is 0.787. The Bertz CT molecular complexity index is 895. The van der Waals surface area contributed by atoms with Crippen LogP contribution in [-0.4, -0.2) is 74.4 Å². The first-order valence-electron chi connectivity index (χ1n) is 10.8. The lowest BCUT2D eigenvalue weighted by molar-refractivity contribution is 0.208. The fraction of sp³-hybridized carbons (Fsp3) is 0.500. The van der Waals surface area contributed by atoms with Crippen molar-refractivity contribution in [2.45, 2.75) is 19.3 Å². The van der Waals surface area contributed by atoms with Crippen LogP contribution in [0.1, 0.15) is 19.3 Å². The maximum Gasteiger partial charge on any atom is 0.322 e. The summed E-state index contributed by atoms with van der Waals surface area (Å²) in [5.41, 5.74) is 0.594. The number of ether oxygens (including phenoxy) is 2. The Morgan fingerprint density at radius 2 is 1.71 bits per heavy atom. The van der Waals surface area contributed by atoms with Crippen molar-refractivity contribution in [1.82, 2.24) is 14.9 Å². The topological polar surface area (TPSA) is 83.1 Å². The van der Waals surface area contributed by atoms with Gasteiger partial charge in [0.1, 0.15) is 5.82 Å². The highest BCUT2D eigenvalue weighted by Gasteiger charge is 2.24. The molecule has 2 aromatic rings. The number of hydrogen-bond donors (Lipinski definition) is 1. The van der Waals surface area contributed by atoms with E-state index in [-0.39, 0.29) is 6.03 Å². The summed E-state index contributed by atoms with van der Waals surface area (Å²) in [4.78, 5) is 28.4. The molecule has 0 bridgehead atoms. The standard InChI is InChI=1S/C22H30N6O3/c1-30-18-8-6-7-17(20(18)31-2)24-22(29)28-15-13-26(14-16-28)19-9-10-23-21(25-19)27-11-4-3-5-12-27/h6-10H,3-5,11-16H2,1-2H3,(H,24,29). The van der Waals surface area contributed by atoms with E-state index in [2.05, 4.69) is 20.1 Å². The largest absolute Gasteiger partial charge is 0.493 e. The van der Waals surface area contributed by atoms with E-state index < -0.39 is 0 Å². The first-order valence-corrected chi connectivity index (χ1v) is 10.8. The van der Waals surface area contributed by atoms with E-state index in [0.29, 0.717) is 30.3 Å². The Balaban J connectivity index is 1.36. The number of rotatable bonds is 5. The van der Waals surface area contributed by atoms with Crippen molar-refractivity contribution in [2.24, 2.45) is 0 Å². The van der Waals surface area contributed by atoms with Crippen molar-refractivity contribution in [3.8, 4) is 11.5 Å². The average Bonchev–Trinajstić information content (AvgIpc) is 2.84. The summed E-state index contributed by atoms with van der Waals surface area (Å²) in [6.45, 7) is 4.71. The highest BCUT2D eigenvalue weighted by molar-refractivity contribution is 5.91. The second kappa shape index (κ2) is 9.72. The van der Waals surface area contributed by atoms with Crippen LogP contribution in [-0.2, 0) is 0 Å². The molecule has 0 radical (unpaired) electrons. The van der Waals surface area contributed by atoms with Crippen molar-refractivity contribution in [3.05, 3.63) is 30.5 Å². The fourth-order valence-electron chi connectivity index (χ4n) is 4.08. The van der Waals surface area contributed by atoms with Crippen LogP contribution < -0.4 is 24.6 Å². The van der Waals surface area contributed by atoms with E-state index in [1.165, 1.54) is 19.3 Å². The molecule has 31 heavy (non-hydrogen) atoms. The number of methoxy groups -OCH3 is 2. The van der Waals surface area contributed by atoms with Gasteiger partial charge in [0.05, 0.1) is 19.9 Å². The van der Waals surface area contributed by atoms with E-state index in [1.807, 2.05) is 23.2 Å². The zero-order valence-electron chi connectivity index (χ0n) is 18.2. The summed E-state index contributed by atoms with van der Waals surface area (Å²) in [5.74, 6) is 2.83. The zero-order valence-corrected chi connectivity index (χ0v) is 18.2. The lowest BCUT2D eigenvalue weighted by Crippen LogP contribution is -2.50. The van der Waals surface area contributed by atoms with Gasteiger partial charge in [-0.05, 0) is 37.5 Å². The number of urea groups is 1. The molecule has 0 saturated carbocycles. The van der Waals surface area contributed by atoms with Crippen molar-refractivity contribution >= 4 is 23.5 Å². The van der Waals surface area contributed by atoms with E-state index in [1.54, 1.807) is 26.4 Å². The van der Waals surface area contributed by atoms with E-state index in [0.717, 1.165) is 37.9 Å². The highest BCUT2D eigenvalue weighted by Crippen LogP contribution is 2.34. The second-order valence-electron chi connectivity index (χ2n) is 7.71. The SMILES string of the molecule is COc1cccc(NC(=O)N2CCN(c3ccnc(N4CCCCC4)n3)CC2)c1OC. The normalized spacial score (nSPS) is 16.8. The van der Waals surface area contributed by atoms with Crippen LogP contribution in [0.3, 0.4) is 0 Å². The van der Waals surface area contributed by atoms with Crippen LogP contribution in [0.25, 0.3) is 0 Å². The molecule has 2 aliphatic heterocycles. The summed E-state index contributed by atoms with van der Waals surface area (Å²) in [6, 6.07) is 7.22. The van der Waals surface area contributed by atoms with E-state index >= 15 is 0 Å². The molecule has 2 saturated heterocycles. The summed E-state index contributed by atoms with van der Waals surface area (Å²) < 4.78 is 10.7. The molecule has 0 aliphatic carbocycles. The van der Waals surface area contributed by atoms with Crippen LogP contribution in [0.15, 0.2) is 30.5 Å². The number of hydrogen-bond acceptors (Lipinski definition) is 7. The van der Waals surface area contributed by atoms with Gasteiger partial charge in [-0.25, -0.2) is 9.78 Å². The first kappa shape index (κ1) is 21.0. The lowest BCUT2D eigenvalue weighted by Gasteiger charge is -2.36. The molecular weight excluding hydrogens is 396 g/mol. The predicted molar refractivity (Wildman–Crippen MR) is 120 cm³/mol. The number of para-hydroxylation sites is 1. The molecule has 0 spiro atoms. The smallest absolute Gasteiger partial charge is 0.322 e. The van der Waals surface area contributed by atoms with Gasteiger partial charge in [-0.2, -0.15) is 4.98 Å². The molecule has 9 nitrogen and oxygen atoms in total. The van der Waals surface area contributed by atoms with E-state index in [4.69, 9.17) is 14.5 Å². The highest BCUT2D eigenvalue weighted by atomic mass is 16.5. The van der Waals surface area contributed by atoms with Gasteiger partial charge >= 0.3 is 6.03 Å². The van der Waals surface area contributed by atoms with Crippen molar-refractivity contribution < 1.29 is 14.3 Å². The number of carbonyl (C=O) groups excluding carboxylic acids is 1. The molecule has 1 aromatic heterocycles. The van der Waals surface area contributed by atoms with Crippen molar-refractivity contribution in [3.63, 3.8) is 0 Å². The summed E-state index contributed by atoms with van der Waals surface area (Å²) in [5, 5.41) is 2.94. The third-order valence-electron chi connectivity index (χ3n) is 5.80. The Morgan fingerprint density at radius 3 is 2.42 bits per heavy atom. The second-order valence-corrected chi connectivity index (χ2v) is 7.71. The number of anilines is 3. The Hall–Kier alpha value is -3.23. The van der Waals surface area contributed by atoms with Crippen LogP contribution in [0, 0.1) is 0 Å². The maximum absolute atomic E-state index is 12.8. The summed E-state index contributed by atoms with van der Waals surface area (Å²) in [7, 11) is 3.14. The molecule has 4 rings (SSSR count). The van der Waals surface area contributed by atoms with Gasteiger partial charge in [0.2, 0.25) is 5.95 Å². The van der Waals surface area contributed by atoms with Gasteiger partial charge in [-0.15, -0.1) is 0 Å². The van der Waals surface area contributed by atoms with Crippen LogP contribution >= 0.6 is 0 Å². The minimum Gasteiger partial charge on any atom is -0.493 e. The van der Waals surface area contributed by atoms with Crippen LogP contribution in [0.4, 0.5) is 22.2 Å². The Labute approximate surface area is 183 Å². The molecule has 2 fully saturated rings. The number of piperazine rings is 1.